The minimum atomic E-state index is -1.55. The Kier molecular flexibility index (Phi) is 3.35. The third kappa shape index (κ3) is 2.36. The number of hydrogen-bond donors (Lipinski definition) is 1. The van der Waals surface area contributed by atoms with E-state index >= 15 is 0 Å². The molecule has 3 aromatic rings. The monoisotopic (exact) mass is 289 g/mol. The summed E-state index contributed by atoms with van der Waals surface area (Å²) in [6, 6.07) is 8.74. The Labute approximate surface area is 118 Å². The number of aliphatic hydroxyl groups is 1. The van der Waals surface area contributed by atoms with Crippen LogP contribution >= 0.6 is 0 Å². The van der Waals surface area contributed by atoms with Crippen molar-refractivity contribution in [1.82, 2.24) is 4.98 Å². The molecule has 2 nitrogen and oxygen atoms in total. The zero-order valence-corrected chi connectivity index (χ0v) is 10.7. The van der Waals surface area contributed by atoms with Crippen LogP contribution < -0.4 is 0 Å². The van der Waals surface area contributed by atoms with Crippen molar-refractivity contribution in [2.24, 2.45) is 0 Å². The summed E-state index contributed by atoms with van der Waals surface area (Å²) < 4.78 is 39.6. The summed E-state index contributed by atoms with van der Waals surface area (Å²) >= 11 is 0. The molecule has 0 spiro atoms. The largest absolute Gasteiger partial charge is 0.384 e. The Hall–Kier alpha value is -2.40. The van der Waals surface area contributed by atoms with Crippen LogP contribution in [0.2, 0.25) is 0 Å². The van der Waals surface area contributed by atoms with Crippen molar-refractivity contribution in [3.05, 3.63) is 77.4 Å². The van der Waals surface area contributed by atoms with Crippen LogP contribution in [-0.4, -0.2) is 10.1 Å². The fourth-order valence-electron chi connectivity index (χ4n) is 2.27. The normalized spacial score (nSPS) is 12.6. The average Bonchev–Trinajstić information content (AvgIpc) is 2.51. The lowest BCUT2D eigenvalue weighted by Crippen LogP contribution is -2.04. The van der Waals surface area contributed by atoms with E-state index in [1.807, 2.05) is 12.1 Å². The molecule has 0 aliphatic carbocycles. The zero-order valence-electron chi connectivity index (χ0n) is 10.7. The second-order valence-corrected chi connectivity index (χ2v) is 4.65. The highest BCUT2D eigenvalue weighted by Gasteiger charge is 2.18. The molecule has 1 aromatic heterocycles. The number of fused-ring (bicyclic) bond motifs is 1. The van der Waals surface area contributed by atoms with Gasteiger partial charge in [-0.2, -0.15) is 0 Å². The highest BCUT2D eigenvalue weighted by Crippen LogP contribution is 2.29. The van der Waals surface area contributed by atoms with E-state index in [-0.39, 0.29) is 5.56 Å². The Morgan fingerprint density at radius 1 is 0.952 bits per heavy atom. The van der Waals surface area contributed by atoms with Crippen molar-refractivity contribution in [1.29, 1.82) is 0 Å². The van der Waals surface area contributed by atoms with Gasteiger partial charge in [0.15, 0.2) is 17.5 Å². The molecule has 3 rings (SSSR count). The van der Waals surface area contributed by atoms with E-state index in [2.05, 4.69) is 4.98 Å². The second kappa shape index (κ2) is 5.18. The number of benzene rings is 2. The summed E-state index contributed by atoms with van der Waals surface area (Å²) in [5.41, 5.74) is 0.336. The van der Waals surface area contributed by atoms with Gasteiger partial charge in [-0.25, -0.2) is 13.2 Å². The van der Waals surface area contributed by atoms with Crippen molar-refractivity contribution < 1.29 is 18.3 Å². The summed E-state index contributed by atoms with van der Waals surface area (Å²) in [6.07, 6.45) is 1.75. The predicted molar refractivity (Wildman–Crippen MR) is 72.1 cm³/mol. The quantitative estimate of drug-likeness (QED) is 0.729. The van der Waals surface area contributed by atoms with Crippen LogP contribution in [0.3, 0.4) is 0 Å². The van der Waals surface area contributed by atoms with E-state index < -0.39 is 23.6 Å². The number of aliphatic hydroxyl groups excluding tert-OH is 1. The van der Waals surface area contributed by atoms with Crippen LogP contribution in [0.25, 0.3) is 10.8 Å². The molecule has 1 N–H and O–H groups in total. The van der Waals surface area contributed by atoms with Crippen LogP contribution in [0.5, 0.6) is 0 Å². The highest BCUT2D eigenvalue weighted by molar-refractivity contribution is 5.85. The van der Waals surface area contributed by atoms with Gasteiger partial charge in [0.25, 0.3) is 0 Å². The van der Waals surface area contributed by atoms with Crippen LogP contribution in [0.4, 0.5) is 13.2 Å². The number of pyridine rings is 1. The standard InChI is InChI=1S/C16H10F3NO/c17-13-5-10(6-14(18)15(13)19)16(21)12-8-20-7-9-3-1-2-4-11(9)12/h1-8,16,21H. The molecule has 1 atom stereocenters. The van der Waals surface area contributed by atoms with Gasteiger partial charge in [-0.1, -0.05) is 24.3 Å². The summed E-state index contributed by atoms with van der Waals surface area (Å²) in [4.78, 5) is 4.00. The highest BCUT2D eigenvalue weighted by atomic mass is 19.2. The van der Waals surface area contributed by atoms with Crippen molar-refractivity contribution in [2.75, 3.05) is 0 Å². The fraction of sp³-hybridized carbons (Fsp3) is 0.0625. The molecule has 1 unspecified atom stereocenters. The van der Waals surface area contributed by atoms with Gasteiger partial charge in [0.1, 0.15) is 6.10 Å². The van der Waals surface area contributed by atoms with Gasteiger partial charge in [0, 0.05) is 23.3 Å². The molecular formula is C16H10F3NO. The first kappa shape index (κ1) is 13.6. The molecule has 0 fully saturated rings. The van der Waals surface area contributed by atoms with Crippen molar-refractivity contribution in [2.45, 2.75) is 6.10 Å². The SMILES string of the molecule is OC(c1cc(F)c(F)c(F)c1)c1cncc2ccccc12. The first-order chi connectivity index (χ1) is 10.1. The number of hydrogen-bond acceptors (Lipinski definition) is 2. The summed E-state index contributed by atoms with van der Waals surface area (Å²) in [6.45, 7) is 0. The molecule has 0 amide bonds. The number of aromatic nitrogens is 1. The average molecular weight is 289 g/mol. The summed E-state index contributed by atoms with van der Waals surface area (Å²) in [5.74, 6) is -4.23. The summed E-state index contributed by atoms with van der Waals surface area (Å²) in [5, 5.41) is 11.8. The van der Waals surface area contributed by atoms with Gasteiger partial charge < -0.3 is 5.11 Å². The lowest BCUT2D eigenvalue weighted by Gasteiger charge is -2.14. The Morgan fingerprint density at radius 3 is 2.33 bits per heavy atom. The molecule has 0 radical (unpaired) electrons. The van der Waals surface area contributed by atoms with Gasteiger partial charge in [-0.05, 0) is 23.1 Å². The third-order valence-corrected chi connectivity index (χ3v) is 3.32. The van der Waals surface area contributed by atoms with Crippen LogP contribution in [0.15, 0.2) is 48.8 Å². The van der Waals surface area contributed by atoms with Crippen LogP contribution in [-0.2, 0) is 0 Å². The predicted octanol–water partition coefficient (Wildman–Crippen LogP) is 3.73. The number of nitrogens with zero attached hydrogens (tertiary/aromatic N) is 1. The second-order valence-electron chi connectivity index (χ2n) is 4.65. The molecule has 0 saturated heterocycles. The molecule has 2 aromatic carbocycles. The maximum absolute atomic E-state index is 13.3. The van der Waals surface area contributed by atoms with Crippen LogP contribution in [0.1, 0.15) is 17.2 Å². The smallest absolute Gasteiger partial charge is 0.194 e. The molecule has 0 aliphatic heterocycles. The van der Waals surface area contributed by atoms with E-state index in [0.717, 1.165) is 17.5 Å². The molecule has 0 aliphatic rings. The minimum Gasteiger partial charge on any atom is -0.384 e. The maximum atomic E-state index is 13.3. The van der Waals surface area contributed by atoms with E-state index in [1.54, 1.807) is 18.3 Å². The summed E-state index contributed by atoms with van der Waals surface area (Å²) in [7, 11) is 0. The third-order valence-electron chi connectivity index (χ3n) is 3.32. The van der Waals surface area contributed by atoms with Crippen molar-refractivity contribution in [3.8, 4) is 0 Å². The van der Waals surface area contributed by atoms with Crippen LogP contribution in [0, 0.1) is 17.5 Å². The van der Waals surface area contributed by atoms with Crippen molar-refractivity contribution in [3.63, 3.8) is 0 Å². The maximum Gasteiger partial charge on any atom is 0.194 e. The number of halogens is 3. The minimum absolute atomic E-state index is 0.0652. The molecule has 0 saturated carbocycles. The Balaban J connectivity index is 2.15. The van der Waals surface area contributed by atoms with E-state index in [9.17, 15) is 18.3 Å². The van der Waals surface area contributed by atoms with Gasteiger partial charge >= 0.3 is 0 Å². The molecular weight excluding hydrogens is 279 g/mol. The lowest BCUT2D eigenvalue weighted by atomic mass is 9.98. The van der Waals surface area contributed by atoms with Gasteiger partial charge in [0.2, 0.25) is 0 Å². The fourth-order valence-corrected chi connectivity index (χ4v) is 2.27. The zero-order chi connectivity index (χ0) is 15.0. The topological polar surface area (TPSA) is 33.1 Å². The van der Waals surface area contributed by atoms with Crippen molar-refractivity contribution >= 4 is 10.8 Å². The van der Waals surface area contributed by atoms with Gasteiger partial charge in [-0.15, -0.1) is 0 Å². The Bertz CT molecular complexity index is 791. The lowest BCUT2D eigenvalue weighted by molar-refractivity contribution is 0.220. The molecule has 1 heterocycles. The molecule has 0 bridgehead atoms. The van der Waals surface area contributed by atoms with E-state index in [0.29, 0.717) is 10.9 Å². The number of rotatable bonds is 2. The molecule has 5 heteroatoms. The van der Waals surface area contributed by atoms with E-state index in [1.165, 1.54) is 6.20 Å². The van der Waals surface area contributed by atoms with Gasteiger partial charge in [-0.3, -0.25) is 4.98 Å². The first-order valence-electron chi connectivity index (χ1n) is 6.23. The van der Waals surface area contributed by atoms with E-state index in [4.69, 9.17) is 0 Å². The van der Waals surface area contributed by atoms with Gasteiger partial charge in [0.05, 0.1) is 0 Å². The molecule has 21 heavy (non-hydrogen) atoms. The first-order valence-corrected chi connectivity index (χ1v) is 6.23. The molecule has 106 valence electrons. The Morgan fingerprint density at radius 2 is 1.62 bits per heavy atom.